The normalized spacial score (nSPS) is 19.9. The third-order valence-corrected chi connectivity index (χ3v) is 5.23. The van der Waals surface area contributed by atoms with Gasteiger partial charge in [-0.25, -0.2) is 4.98 Å². The summed E-state index contributed by atoms with van der Waals surface area (Å²) in [6.45, 7) is 5.31. The number of hydrogen-bond donors (Lipinski definition) is 1. The predicted molar refractivity (Wildman–Crippen MR) is 82.1 cm³/mol. The predicted octanol–water partition coefficient (Wildman–Crippen LogP) is 2.18. The first kappa shape index (κ1) is 14.4. The second-order valence-corrected chi connectivity index (χ2v) is 7.03. The lowest BCUT2D eigenvalue weighted by molar-refractivity contribution is 0.181. The fourth-order valence-corrected chi connectivity index (χ4v) is 3.73. The first-order chi connectivity index (χ1) is 9.85. The molecule has 2 aliphatic rings. The number of methoxy groups -OCH3 is 1. The lowest BCUT2D eigenvalue weighted by Gasteiger charge is -2.12. The summed E-state index contributed by atoms with van der Waals surface area (Å²) in [4.78, 5) is 8.71. The number of nitrogens with one attached hydrogen (secondary N) is 1. The Balaban J connectivity index is 1.56. The number of rotatable bonds is 8. The molecule has 0 unspecified atom stereocenters. The molecular formula is C15H25N3OS. The van der Waals surface area contributed by atoms with Gasteiger partial charge in [-0.2, -0.15) is 0 Å². The molecule has 1 aromatic heterocycles. The largest absolute Gasteiger partial charge is 0.378 e. The van der Waals surface area contributed by atoms with Crippen molar-refractivity contribution in [3.05, 3.63) is 15.6 Å². The van der Waals surface area contributed by atoms with Gasteiger partial charge in [0.05, 0.1) is 17.3 Å². The Labute approximate surface area is 125 Å². The van der Waals surface area contributed by atoms with Gasteiger partial charge in [-0.15, -0.1) is 11.3 Å². The van der Waals surface area contributed by atoms with Gasteiger partial charge in [0.15, 0.2) is 0 Å². The summed E-state index contributed by atoms with van der Waals surface area (Å²) in [5, 5.41) is 4.86. The lowest BCUT2D eigenvalue weighted by atomic mass is 10.3. The molecule has 1 aromatic rings. The van der Waals surface area contributed by atoms with Crippen LogP contribution in [0.25, 0.3) is 0 Å². The smallest absolute Gasteiger partial charge is 0.0945 e. The molecule has 0 atom stereocenters. The topological polar surface area (TPSA) is 37.4 Å². The van der Waals surface area contributed by atoms with Crippen molar-refractivity contribution in [2.75, 3.05) is 26.7 Å². The van der Waals surface area contributed by atoms with Crippen LogP contribution < -0.4 is 5.32 Å². The van der Waals surface area contributed by atoms with E-state index in [0.29, 0.717) is 6.61 Å². The minimum atomic E-state index is 0.641. The van der Waals surface area contributed by atoms with Gasteiger partial charge in [0, 0.05) is 37.5 Å². The Hall–Kier alpha value is -0.490. The molecule has 1 aliphatic heterocycles. The molecular weight excluding hydrogens is 270 g/mol. The van der Waals surface area contributed by atoms with Crippen LogP contribution in [0.15, 0.2) is 0 Å². The maximum absolute atomic E-state index is 5.29. The Morgan fingerprint density at radius 1 is 1.35 bits per heavy atom. The molecule has 1 N–H and O–H groups in total. The van der Waals surface area contributed by atoms with Gasteiger partial charge in [0.2, 0.25) is 0 Å². The van der Waals surface area contributed by atoms with E-state index in [1.165, 1.54) is 48.7 Å². The number of thiazole rings is 1. The fraction of sp³-hybridized carbons (Fsp3) is 0.800. The van der Waals surface area contributed by atoms with E-state index in [1.807, 2.05) is 11.3 Å². The number of likely N-dealkylation sites (tertiary alicyclic amines) is 1. The average Bonchev–Trinajstić information content (AvgIpc) is 2.98. The van der Waals surface area contributed by atoms with Crippen molar-refractivity contribution in [2.24, 2.45) is 0 Å². The van der Waals surface area contributed by atoms with E-state index in [4.69, 9.17) is 9.72 Å². The number of hydrogen-bond acceptors (Lipinski definition) is 5. The van der Waals surface area contributed by atoms with Crippen molar-refractivity contribution in [1.82, 2.24) is 15.2 Å². The molecule has 0 amide bonds. The monoisotopic (exact) mass is 295 g/mol. The number of aromatic nitrogens is 1. The molecule has 0 radical (unpaired) electrons. The number of nitrogens with zero attached hydrogens (tertiary/aromatic N) is 2. The van der Waals surface area contributed by atoms with Gasteiger partial charge < -0.3 is 15.0 Å². The van der Waals surface area contributed by atoms with Crippen LogP contribution in [-0.4, -0.2) is 42.7 Å². The molecule has 112 valence electrons. The molecule has 2 fully saturated rings. The molecule has 1 saturated heterocycles. The molecule has 4 nitrogen and oxygen atoms in total. The summed E-state index contributed by atoms with van der Waals surface area (Å²) in [5.74, 6) is 0. The summed E-state index contributed by atoms with van der Waals surface area (Å²) >= 11 is 1.87. The summed E-state index contributed by atoms with van der Waals surface area (Å²) in [6, 6.07) is 0.751. The van der Waals surface area contributed by atoms with Crippen LogP contribution in [0.4, 0.5) is 0 Å². The van der Waals surface area contributed by atoms with E-state index in [-0.39, 0.29) is 0 Å². The molecule has 2 heterocycles. The van der Waals surface area contributed by atoms with Crippen LogP contribution in [0.5, 0.6) is 0 Å². The van der Waals surface area contributed by atoms with Gasteiger partial charge in [-0.1, -0.05) is 0 Å². The molecule has 0 spiro atoms. The van der Waals surface area contributed by atoms with Crippen molar-refractivity contribution in [3.8, 4) is 0 Å². The molecule has 3 rings (SSSR count). The fourth-order valence-electron chi connectivity index (χ4n) is 2.72. The Morgan fingerprint density at radius 3 is 2.85 bits per heavy atom. The van der Waals surface area contributed by atoms with Crippen LogP contribution in [-0.2, 0) is 24.3 Å². The van der Waals surface area contributed by atoms with Crippen LogP contribution >= 0.6 is 11.3 Å². The highest BCUT2D eigenvalue weighted by atomic mass is 32.1. The van der Waals surface area contributed by atoms with Gasteiger partial charge >= 0.3 is 0 Å². The minimum Gasteiger partial charge on any atom is -0.378 e. The van der Waals surface area contributed by atoms with Crippen molar-refractivity contribution in [1.29, 1.82) is 0 Å². The summed E-state index contributed by atoms with van der Waals surface area (Å²) in [5.41, 5.74) is 1.14. The summed E-state index contributed by atoms with van der Waals surface area (Å²) in [7, 11) is 1.75. The van der Waals surface area contributed by atoms with E-state index in [1.54, 1.807) is 7.11 Å². The van der Waals surface area contributed by atoms with E-state index in [0.717, 1.165) is 31.2 Å². The van der Waals surface area contributed by atoms with E-state index in [2.05, 4.69) is 10.2 Å². The van der Waals surface area contributed by atoms with Crippen LogP contribution in [0, 0.1) is 0 Å². The molecule has 0 aromatic carbocycles. The lowest BCUT2D eigenvalue weighted by Crippen LogP contribution is -2.21. The van der Waals surface area contributed by atoms with Crippen LogP contribution in [0.2, 0.25) is 0 Å². The van der Waals surface area contributed by atoms with Crippen molar-refractivity contribution < 1.29 is 4.74 Å². The molecule has 5 heteroatoms. The Morgan fingerprint density at radius 2 is 2.15 bits per heavy atom. The maximum atomic E-state index is 5.29. The zero-order valence-electron chi connectivity index (χ0n) is 12.4. The van der Waals surface area contributed by atoms with Gasteiger partial charge in [0.1, 0.15) is 0 Å². The zero-order chi connectivity index (χ0) is 13.8. The zero-order valence-corrected chi connectivity index (χ0v) is 13.2. The van der Waals surface area contributed by atoms with Crippen LogP contribution in [0.3, 0.4) is 0 Å². The van der Waals surface area contributed by atoms with Crippen molar-refractivity contribution in [3.63, 3.8) is 0 Å². The van der Waals surface area contributed by atoms with Crippen molar-refractivity contribution >= 4 is 11.3 Å². The highest BCUT2D eigenvalue weighted by Gasteiger charge is 2.21. The Bertz CT molecular complexity index is 425. The second kappa shape index (κ2) is 6.98. The van der Waals surface area contributed by atoms with E-state index >= 15 is 0 Å². The highest BCUT2D eigenvalue weighted by Crippen LogP contribution is 2.24. The Kier molecular flexibility index (Phi) is 5.04. The summed E-state index contributed by atoms with van der Waals surface area (Å²) in [6.07, 6.45) is 6.48. The second-order valence-electron chi connectivity index (χ2n) is 5.86. The molecule has 1 aliphatic carbocycles. The van der Waals surface area contributed by atoms with Gasteiger partial charge in [-0.3, -0.25) is 0 Å². The SMILES string of the molecule is COCc1nc(CCN2CCCC2)sc1CNC1CC1. The average molecular weight is 295 g/mol. The summed E-state index contributed by atoms with van der Waals surface area (Å²) < 4.78 is 5.29. The first-order valence-electron chi connectivity index (χ1n) is 7.77. The quantitative estimate of drug-likeness (QED) is 0.798. The molecule has 0 bridgehead atoms. The first-order valence-corrected chi connectivity index (χ1v) is 8.59. The van der Waals surface area contributed by atoms with E-state index in [9.17, 15) is 0 Å². The minimum absolute atomic E-state index is 0.641. The number of ether oxygens (including phenoxy) is 1. The van der Waals surface area contributed by atoms with Crippen molar-refractivity contribution in [2.45, 2.75) is 51.3 Å². The third kappa shape index (κ3) is 4.01. The molecule has 20 heavy (non-hydrogen) atoms. The highest BCUT2D eigenvalue weighted by molar-refractivity contribution is 7.11. The van der Waals surface area contributed by atoms with E-state index < -0.39 is 0 Å². The van der Waals surface area contributed by atoms with Gasteiger partial charge in [-0.05, 0) is 38.8 Å². The third-order valence-electron chi connectivity index (χ3n) is 4.07. The standard InChI is InChI=1S/C15H25N3OS/c1-19-11-13-14(10-16-12-4-5-12)20-15(17-13)6-9-18-7-2-3-8-18/h12,16H,2-11H2,1H3. The maximum Gasteiger partial charge on any atom is 0.0945 e. The molecule has 1 saturated carbocycles. The van der Waals surface area contributed by atoms with Crippen LogP contribution in [0.1, 0.15) is 41.3 Å². The van der Waals surface area contributed by atoms with Gasteiger partial charge in [0.25, 0.3) is 0 Å².